The van der Waals surface area contributed by atoms with Crippen molar-refractivity contribution >= 4 is 23.5 Å². The molecule has 13 heavy (non-hydrogen) atoms. The summed E-state index contributed by atoms with van der Waals surface area (Å²) in [6.07, 6.45) is 2.67. The number of halogens is 1. The Balaban J connectivity index is 1.97. The summed E-state index contributed by atoms with van der Waals surface area (Å²) in [5, 5.41) is 0.811. The molecule has 2 rings (SSSR count). The molecule has 0 saturated carbocycles. The smallest absolute Gasteiger partial charge is 0.0406 e. The molecule has 1 aliphatic rings. The van der Waals surface area contributed by atoms with Gasteiger partial charge in [0.15, 0.2) is 0 Å². The third-order valence-electron chi connectivity index (χ3n) is 2.11. The van der Waals surface area contributed by atoms with Gasteiger partial charge in [0, 0.05) is 23.0 Å². The Labute approximate surface area is 88.2 Å². The molecule has 0 amide bonds. The molecule has 1 aromatic rings. The van der Waals surface area contributed by atoms with Crippen LogP contribution in [0.4, 0.5) is 0 Å². The molecule has 0 unspecified atom stereocenters. The molecule has 0 atom stereocenters. The Morgan fingerprint density at radius 3 is 2.31 bits per heavy atom. The van der Waals surface area contributed by atoms with E-state index in [1.54, 1.807) is 0 Å². The van der Waals surface area contributed by atoms with E-state index in [-0.39, 0.29) is 0 Å². The van der Waals surface area contributed by atoms with E-state index >= 15 is 0 Å². The van der Waals surface area contributed by atoms with E-state index in [1.165, 1.54) is 30.8 Å². The SMILES string of the molecule is Clc1ccc(SN2CCCC2)cc1. The van der Waals surface area contributed by atoms with Gasteiger partial charge < -0.3 is 0 Å². The maximum atomic E-state index is 5.81. The maximum absolute atomic E-state index is 5.81. The van der Waals surface area contributed by atoms with Crippen LogP contribution < -0.4 is 0 Å². The molecule has 1 aromatic carbocycles. The van der Waals surface area contributed by atoms with Gasteiger partial charge in [0.05, 0.1) is 0 Å². The average molecular weight is 214 g/mol. The van der Waals surface area contributed by atoms with Crippen molar-refractivity contribution in [2.75, 3.05) is 13.1 Å². The second kappa shape index (κ2) is 4.36. The van der Waals surface area contributed by atoms with Gasteiger partial charge in [-0.2, -0.15) is 0 Å². The molecular weight excluding hydrogens is 202 g/mol. The predicted molar refractivity (Wildman–Crippen MR) is 58.1 cm³/mol. The quantitative estimate of drug-likeness (QED) is 0.693. The van der Waals surface area contributed by atoms with Gasteiger partial charge >= 0.3 is 0 Å². The normalized spacial score (nSPS) is 17.9. The summed E-state index contributed by atoms with van der Waals surface area (Å²) in [6.45, 7) is 2.43. The highest BCUT2D eigenvalue weighted by atomic mass is 35.5. The summed E-state index contributed by atoms with van der Waals surface area (Å²) in [4.78, 5) is 1.28. The minimum absolute atomic E-state index is 0.811. The van der Waals surface area contributed by atoms with Crippen molar-refractivity contribution in [3.05, 3.63) is 29.3 Å². The molecule has 0 bridgehead atoms. The molecule has 0 spiro atoms. The lowest BCUT2D eigenvalue weighted by Crippen LogP contribution is -2.08. The van der Waals surface area contributed by atoms with Crippen molar-refractivity contribution in [2.45, 2.75) is 17.7 Å². The Kier molecular flexibility index (Phi) is 3.14. The fourth-order valence-corrected chi connectivity index (χ4v) is 2.55. The summed E-state index contributed by atoms with van der Waals surface area (Å²) in [7, 11) is 0. The number of benzene rings is 1. The zero-order chi connectivity index (χ0) is 9.10. The van der Waals surface area contributed by atoms with E-state index in [0.29, 0.717) is 0 Å². The van der Waals surface area contributed by atoms with Crippen LogP contribution in [0.25, 0.3) is 0 Å². The third-order valence-corrected chi connectivity index (χ3v) is 3.47. The lowest BCUT2D eigenvalue weighted by Gasteiger charge is -2.12. The summed E-state index contributed by atoms with van der Waals surface area (Å²) in [6, 6.07) is 8.04. The molecule has 0 radical (unpaired) electrons. The molecular formula is C10H12ClNS. The van der Waals surface area contributed by atoms with Gasteiger partial charge in [-0.05, 0) is 49.1 Å². The van der Waals surface area contributed by atoms with Crippen LogP contribution in [0.2, 0.25) is 5.02 Å². The van der Waals surface area contributed by atoms with Crippen molar-refractivity contribution in [2.24, 2.45) is 0 Å². The van der Waals surface area contributed by atoms with Crippen molar-refractivity contribution in [1.82, 2.24) is 4.31 Å². The van der Waals surface area contributed by atoms with Gasteiger partial charge in [0.25, 0.3) is 0 Å². The van der Waals surface area contributed by atoms with Gasteiger partial charge in [-0.3, -0.25) is 0 Å². The van der Waals surface area contributed by atoms with E-state index in [1.807, 2.05) is 24.1 Å². The number of rotatable bonds is 2. The van der Waals surface area contributed by atoms with E-state index in [4.69, 9.17) is 11.6 Å². The van der Waals surface area contributed by atoms with Crippen molar-refractivity contribution < 1.29 is 0 Å². The summed E-state index contributed by atoms with van der Waals surface area (Å²) in [5.41, 5.74) is 0. The molecule has 0 aliphatic carbocycles. The Morgan fingerprint density at radius 1 is 1.08 bits per heavy atom. The van der Waals surface area contributed by atoms with Crippen molar-refractivity contribution in [3.8, 4) is 0 Å². The highest BCUT2D eigenvalue weighted by molar-refractivity contribution is 7.97. The van der Waals surface area contributed by atoms with E-state index < -0.39 is 0 Å². The highest BCUT2D eigenvalue weighted by Gasteiger charge is 2.12. The number of hydrogen-bond donors (Lipinski definition) is 0. The molecule has 1 aliphatic heterocycles. The average Bonchev–Trinajstić information content (AvgIpc) is 2.62. The van der Waals surface area contributed by atoms with Gasteiger partial charge in [-0.1, -0.05) is 11.6 Å². The molecule has 1 heterocycles. The monoisotopic (exact) mass is 213 g/mol. The maximum Gasteiger partial charge on any atom is 0.0406 e. The van der Waals surface area contributed by atoms with Crippen LogP contribution in [0.5, 0.6) is 0 Å². The number of hydrogen-bond acceptors (Lipinski definition) is 2. The standard InChI is InChI=1S/C10H12ClNS/c11-9-3-5-10(6-4-9)13-12-7-1-2-8-12/h3-6H,1-2,7-8H2. The van der Waals surface area contributed by atoms with Crippen LogP contribution in [0.3, 0.4) is 0 Å². The minimum atomic E-state index is 0.811. The number of nitrogens with zero attached hydrogens (tertiary/aromatic N) is 1. The molecule has 3 heteroatoms. The van der Waals surface area contributed by atoms with Gasteiger partial charge in [0.1, 0.15) is 0 Å². The molecule has 1 saturated heterocycles. The lowest BCUT2D eigenvalue weighted by atomic mass is 10.4. The lowest BCUT2D eigenvalue weighted by molar-refractivity contribution is 0.586. The second-order valence-corrected chi connectivity index (χ2v) is 4.79. The first-order valence-corrected chi connectivity index (χ1v) is 5.68. The largest absolute Gasteiger partial charge is 0.246 e. The molecule has 1 fully saturated rings. The van der Waals surface area contributed by atoms with E-state index in [2.05, 4.69) is 16.4 Å². The predicted octanol–water partition coefficient (Wildman–Crippen LogP) is 3.44. The van der Waals surface area contributed by atoms with Crippen LogP contribution in [0.1, 0.15) is 12.8 Å². The third kappa shape index (κ3) is 2.63. The first kappa shape index (κ1) is 9.38. The Hall–Kier alpha value is -0.180. The van der Waals surface area contributed by atoms with E-state index in [9.17, 15) is 0 Å². The zero-order valence-electron chi connectivity index (χ0n) is 7.37. The fraction of sp³-hybridized carbons (Fsp3) is 0.400. The molecule has 1 nitrogen and oxygen atoms in total. The molecule has 70 valence electrons. The first-order valence-electron chi connectivity index (χ1n) is 4.53. The van der Waals surface area contributed by atoms with Gasteiger partial charge in [-0.15, -0.1) is 0 Å². The van der Waals surface area contributed by atoms with Crippen LogP contribution >= 0.6 is 23.5 Å². The van der Waals surface area contributed by atoms with Crippen LogP contribution in [-0.2, 0) is 0 Å². The van der Waals surface area contributed by atoms with Crippen LogP contribution in [0, 0.1) is 0 Å². The zero-order valence-corrected chi connectivity index (χ0v) is 8.94. The van der Waals surface area contributed by atoms with Gasteiger partial charge in [-0.25, -0.2) is 4.31 Å². The van der Waals surface area contributed by atoms with Crippen LogP contribution in [-0.4, -0.2) is 17.4 Å². The Bertz CT molecular complexity index is 267. The summed E-state index contributed by atoms with van der Waals surface area (Å²) < 4.78 is 2.41. The summed E-state index contributed by atoms with van der Waals surface area (Å²) in [5.74, 6) is 0. The molecule has 0 N–H and O–H groups in total. The Morgan fingerprint density at radius 2 is 1.69 bits per heavy atom. The van der Waals surface area contributed by atoms with Crippen LogP contribution in [0.15, 0.2) is 29.2 Å². The van der Waals surface area contributed by atoms with Crippen molar-refractivity contribution in [1.29, 1.82) is 0 Å². The first-order chi connectivity index (χ1) is 6.34. The highest BCUT2D eigenvalue weighted by Crippen LogP contribution is 2.27. The topological polar surface area (TPSA) is 3.24 Å². The van der Waals surface area contributed by atoms with E-state index in [0.717, 1.165) is 5.02 Å². The molecule has 0 aromatic heterocycles. The van der Waals surface area contributed by atoms with Gasteiger partial charge in [0.2, 0.25) is 0 Å². The minimum Gasteiger partial charge on any atom is -0.246 e. The fourth-order valence-electron chi connectivity index (χ4n) is 1.42. The summed E-state index contributed by atoms with van der Waals surface area (Å²) >= 11 is 7.64. The van der Waals surface area contributed by atoms with Crippen molar-refractivity contribution in [3.63, 3.8) is 0 Å². The second-order valence-electron chi connectivity index (χ2n) is 3.18.